The molecule has 35 heavy (non-hydrogen) atoms. The number of hydrogen-bond donors (Lipinski definition) is 0. The van der Waals surface area contributed by atoms with Crippen molar-refractivity contribution < 1.29 is 30.8 Å². The van der Waals surface area contributed by atoms with Crippen molar-refractivity contribution in [3.63, 3.8) is 0 Å². The molecular weight excluding hydrogens is 486 g/mol. The average molecular weight is 508 g/mol. The van der Waals surface area contributed by atoms with Crippen LogP contribution in [-0.2, 0) is 27.4 Å². The second-order valence-corrected chi connectivity index (χ2v) is 10.0. The third kappa shape index (κ3) is 5.57. The van der Waals surface area contributed by atoms with E-state index in [-0.39, 0.29) is 35.9 Å². The molecule has 0 bridgehead atoms. The predicted molar refractivity (Wildman–Crippen MR) is 119 cm³/mol. The van der Waals surface area contributed by atoms with E-state index in [1.165, 1.54) is 30.5 Å². The van der Waals surface area contributed by atoms with Crippen LogP contribution >= 0.6 is 0 Å². The molecule has 1 saturated heterocycles. The molecule has 11 heteroatoms. The normalized spacial score (nSPS) is 17.0. The second kappa shape index (κ2) is 9.82. The molecule has 0 N–H and O–H groups in total. The molecule has 2 heterocycles. The van der Waals surface area contributed by atoms with Gasteiger partial charge in [-0.2, -0.15) is 17.5 Å². The zero-order valence-electron chi connectivity index (χ0n) is 18.4. The lowest BCUT2D eigenvalue weighted by molar-refractivity contribution is -0.137. The maximum atomic E-state index is 13.2. The number of rotatable bonds is 7. The Bertz CT molecular complexity index is 1310. The Morgan fingerprint density at radius 3 is 2.37 bits per heavy atom. The fourth-order valence-corrected chi connectivity index (χ4v) is 5.67. The van der Waals surface area contributed by atoms with Gasteiger partial charge in [0.2, 0.25) is 10.0 Å². The molecular formula is C24H21F4N3O3S. The van der Waals surface area contributed by atoms with E-state index in [0.29, 0.717) is 24.1 Å². The number of benzene rings is 2. The molecule has 0 aliphatic carbocycles. The summed E-state index contributed by atoms with van der Waals surface area (Å²) in [6.45, 7) is 0.196. The molecule has 0 spiro atoms. The molecule has 4 rings (SSSR count). The van der Waals surface area contributed by atoms with Crippen LogP contribution in [0.15, 0.2) is 65.7 Å². The molecule has 2 aromatic carbocycles. The molecule has 184 valence electrons. The summed E-state index contributed by atoms with van der Waals surface area (Å²) in [4.78, 5) is 21.3. The molecule has 1 aliphatic rings. The molecule has 1 atom stereocenters. The average Bonchev–Trinajstić information content (AvgIpc) is 3.34. The van der Waals surface area contributed by atoms with Gasteiger partial charge < -0.3 is 0 Å². The van der Waals surface area contributed by atoms with Gasteiger partial charge in [-0.3, -0.25) is 4.79 Å². The summed E-state index contributed by atoms with van der Waals surface area (Å²) in [5.74, 6) is -0.591. The van der Waals surface area contributed by atoms with Gasteiger partial charge >= 0.3 is 6.18 Å². The first-order valence-corrected chi connectivity index (χ1v) is 12.3. The van der Waals surface area contributed by atoms with Gasteiger partial charge in [-0.05, 0) is 61.7 Å². The molecule has 3 aromatic rings. The van der Waals surface area contributed by atoms with Crippen LogP contribution in [0.4, 0.5) is 17.6 Å². The summed E-state index contributed by atoms with van der Waals surface area (Å²) in [5.41, 5.74) is 0.132. The van der Waals surface area contributed by atoms with Gasteiger partial charge in [-0.15, -0.1) is 0 Å². The first kappa shape index (κ1) is 24.9. The highest BCUT2D eigenvalue weighted by atomic mass is 32.2. The van der Waals surface area contributed by atoms with E-state index in [2.05, 4.69) is 9.97 Å². The first-order valence-electron chi connectivity index (χ1n) is 10.9. The zero-order valence-corrected chi connectivity index (χ0v) is 19.2. The Kier molecular flexibility index (Phi) is 7.00. The molecule has 6 nitrogen and oxygen atoms in total. The SMILES string of the molecule is O=C(CCc1ccnc(-c2ccc(C(F)(F)F)cc2)n1)[C@@H]1CCCN1S(=O)(=O)c1ccc(F)cc1. The fourth-order valence-electron chi connectivity index (χ4n) is 3.99. The van der Waals surface area contributed by atoms with Gasteiger partial charge in [-0.25, -0.2) is 22.8 Å². The topological polar surface area (TPSA) is 80.2 Å². The highest BCUT2D eigenvalue weighted by Gasteiger charge is 2.39. The minimum absolute atomic E-state index is 0.0313. The molecule has 0 unspecified atom stereocenters. The monoisotopic (exact) mass is 507 g/mol. The van der Waals surface area contributed by atoms with Crippen molar-refractivity contribution in [3.8, 4) is 11.4 Å². The maximum absolute atomic E-state index is 13.2. The van der Waals surface area contributed by atoms with Crippen molar-refractivity contribution in [2.45, 2.75) is 42.8 Å². The van der Waals surface area contributed by atoms with Gasteiger partial charge in [0.15, 0.2) is 11.6 Å². The number of Topliss-reactive ketones (excluding diaryl/α,β-unsaturated/α-hetero) is 1. The van der Waals surface area contributed by atoms with Crippen molar-refractivity contribution in [3.05, 3.63) is 77.9 Å². The summed E-state index contributed by atoms with van der Waals surface area (Å²) < 4.78 is 78.7. The van der Waals surface area contributed by atoms with E-state index >= 15 is 0 Å². The number of nitrogens with zero attached hydrogens (tertiary/aromatic N) is 3. The third-order valence-corrected chi connectivity index (χ3v) is 7.73. The number of hydrogen-bond acceptors (Lipinski definition) is 5. The van der Waals surface area contributed by atoms with Crippen LogP contribution in [0, 0.1) is 5.82 Å². The standard InChI is InChI=1S/C24H21F4N3O3S/c25-18-7-10-20(11-8-18)35(33,34)31-15-1-2-21(31)22(32)12-9-19-13-14-29-23(30-19)16-3-5-17(6-4-16)24(26,27)28/h3-8,10-11,13-14,21H,1-2,9,12,15H2/t21-/m0/s1. The lowest BCUT2D eigenvalue weighted by Gasteiger charge is -2.23. The summed E-state index contributed by atoms with van der Waals surface area (Å²) in [5, 5.41) is 0. The van der Waals surface area contributed by atoms with Crippen LogP contribution in [0.1, 0.15) is 30.5 Å². The van der Waals surface area contributed by atoms with E-state index in [1.807, 2.05) is 0 Å². The van der Waals surface area contributed by atoms with Crippen molar-refractivity contribution in [2.24, 2.45) is 0 Å². The van der Waals surface area contributed by atoms with E-state index in [4.69, 9.17) is 0 Å². The number of aryl methyl sites for hydroxylation is 1. The van der Waals surface area contributed by atoms with E-state index in [1.54, 1.807) is 6.07 Å². The van der Waals surface area contributed by atoms with Crippen LogP contribution in [0.2, 0.25) is 0 Å². The molecule has 1 aliphatic heterocycles. The smallest absolute Gasteiger partial charge is 0.298 e. The lowest BCUT2D eigenvalue weighted by atomic mass is 10.0. The van der Waals surface area contributed by atoms with E-state index < -0.39 is 33.6 Å². The summed E-state index contributed by atoms with van der Waals surface area (Å²) in [6.07, 6.45) is -1.82. The maximum Gasteiger partial charge on any atom is 0.416 e. The lowest BCUT2D eigenvalue weighted by Crippen LogP contribution is -2.40. The Labute approximate surface area is 199 Å². The molecule has 1 fully saturated rings. The van der Waals surface area contributed by atoms with Crippen LogP contribution in [0.3, 0.4) is 0 Å². The molecule has 0 amide bonds. The van der Waals surface area contributed by atoms with Gasteiger partial charge in [0.05, 0.1) is 16.5 Å². The molecule has 0 saturated carbocycles. The quantitative estimate of drug-likeness (QED) is 0.435. The van der Waals surface area contributed by atoms with Gasteiger partial charge in [0, 0.05) is 30.4 Å². The minimum Gasteiger partial charge on any atom is -0.298 e. The number of aromatic nitrogens is 2. The van der Waals surface area contributed by atoms with Crippen molar-refractivity contribution in [1.29, 1.82) is 0 Å². The number of sulfonamides is 1. The summed E-state index contributed by atoms with van der Waals surface area (Å²) in [6, 6.07) is 9.71. The highest BCUT2D eigenvalue weighted by Crippen LogP contribution is 2.31. The number of ketones is 1. The number of carbonyl (C=O) groups is 1. The summed E-state index contributed by atoms with van der Waals surface area (Å²) >= 11 is 0. The van der Waals surface area contributed by atoms with E-state index in [0.717, 1.165) is 28.6 Å². The number of carbonyl (C=O) groups excluding carboxylic acids is 1. The zero-order chi connectivity index (χ0) is 25.2. The van der Waals surface area contributed by atoms with Gasteiger partial charge in [0.1, 0.15) is 5.82 Å². The Morgan fingerprint density at radius 1 is 1.03 bits per heavy atom. The van der Waals surface area contributed by atoms with Crippen molar-refractivity contribution in [2.75, 3.05) is 6.54 Å². The van der Waals surface area contributed by atoms with Crippen LogP contribution < -0.4 is 0 Å². The Morgan fingerprint density at radius 2 is 1.71 bits per heavy atom. The summed E-state index contributed by atoms with van der Waals surface area (Å²) in [7, 11) is -3.95. The van der Waals surface area contributed by atoms with Crippen molar-refractivity contribution >= 4 is 15.8 Å². The van der Waals surface area contributed by atoms with Crippen LogP contribution in [0.5, 0.6) is 0 Å². The van der Waals surface area contributed by atoms with E-state index in [9.17, 15) is 30.8 Å². The molecule has 1 aromatic heterocycles. The number of alkyl halides is 3. The van der Waals surface area contributed by atoms with Gasteiger partial charge in [-0.1, -0.05) is 12.1 Å². The number of halogens is 4. The fraction of sp³-hybridized carbons (Fsp3) is 0.292. The second-order valence-electron chi connectivity index (χ2n) is 8.14. The van der Waals surface area contributed by atoms with Crippen molar-refractivity contribution in [1.82, 2.24) is 14.3 Å². The minimum atomic E-state index is -4.44. The molecule has 0 radical (unpaired) electrons. The third-order valence-electron chi connectivity index (χ3n) is 5.81. The van der Waals surface area contributed by atoms with Gasteiger partial charge in [0.25, 0.3) is 0 Å². The largest absolute Gasteiger partial charge is 0.416 e. The predicted octanol–water partition coefficient (Wildman–Crippen LogP) is 4.66. The van der Waals surface area contributed by atoms with Crippen LogP contribution in [-0.4, -0.2) is 41.1 Å². The highest BCUT2D eigenvalue weighted by molar-refractivity contribution is 7.89. The Hall–Kier alpha value is -3.18. The Balaban J connectivity index is 1.44. The first-order chi connectivity index (χ1) is 16.6. The van der Waals surface area contributed by atoms with Crippen LogP contribution in [0.25, 0.3) is 11.4 Å².